The van der Waals surface area contributed by atoms with E-state index < -0.39 is 17.9 Å². The first-order valence-corrected chi connectivity index (χ1v) is 7.43. The molecule has 1 aromatic carbocycles. The third-order valence-corrected chi connectivity index (χ3v) is 3.40. The van der Waals surface area contributed by atoms with Gasteiger partial charge in [-0.25, -0.2) is 4.79 Å². The van der Waals surface area contributed by atoms with Crippen molar-refractivity contribution in [3.05, 3.63) is 17.7 Å². The van der Waals surface area contributed by atoms with Crippen LogP contribution in [0.3, 0.4) is 0 Å². The molecule has 0 spiro atoms. The van der Waals surface area contributed by atoms with E-state index in [1.165, 1.54) is 19.2 Å². The lowest BCUT2D eigenvalue weighted by molar-refractivity contribution is -0.139. The van der Waals surface area contributed by atoms with Gasteiger partial charge >= 0.3 is 5.97 Å². The standard InChI is InChI=1S/C16H21NO6/c1-9(2)6-11(16(19)20)17-15(18)10-7-12(21-3)14-13(8-10)22-4-5-23-14/h7-9,11H,4-6H2,1-3H3,(H,17,18)(H,19,20). The Hall–Kier alpha value is -2.44. The molecule has 7 nitrogen and oxygen atoms in total. The zero-order valence-corrected chi connectivity index (χ0v) is 13.4. The van der Waals surface area contributed by atoms with Crippen molar-refractivity contribution in [2.24, 2.45) is 5.92 Å². The molecular weight excluding hydrogens is 302 g/mol. The molecule has 0 saturated heterocycles. The monoisotopic (exact) mass is 323 g/mol. The highest BCUT2D eigenvalue weighted by Gasteiger charge is 2.25. The predicted octanol–water partition coefficient (Wildman–Crippen LogP) is 1.70. The van der Waals surface area contributed by atoms with Crippen molar-refractivity contribution in [3.8, 4) is 17.2 Å². The molecule has 1 heterocycles. The molecule has 0 radical (unpaired) electrons. The number of fused-ring (bicyclic) bond motifs is 1. The molecule has 126 valence electrons. The summed E-state index contributed by atoms with van der Waals surface area (Å²) in [6, 6.07) is 2.10. The van der Waals surface area contributed by atoms with Gasteiger partial charge in [0.05, 0.1) is 7.11 Å². The van der Waals surface area contributed by atoms with Crippen LogP contribution in [-0.4, -0.2) is 43.3 Å². The maximum atomic E-state index is 12.4. The molecule has 0 saturated carbocycles. The third-order valence-electron chi connectivity index (χ3n) is 3.40. The Balaban J connectivity index is 2.23. The van der Waals surface area contributed by atoms with Gasteiger partial charge in [-0.2, -0.15) is 0 Å². The third kappa shape index (κ3) is 4.06. The topological polar surface area (TPSA) is 94.1 Å². The molecular formula is C16H21NO6. The number of aliphatic carboxylic acids is 1. The van der Waals surface area contributed by atoms with E-state index in [1.54, 1.807) is 0 Å². The number of carbonyl (C=O) groups is 2. The van der Waals surface area contributed by atoms with Crippen molar-refractivity contribution in [1.29, 1.82) is 0 Å². The van der Waals surface area contributed by atoms with Gasteiger partial charge in [0.15, 0.2) is 11.5 Å². The lowest BCUT2D eigenvalue weighted by Crippen LogP contribution is -2.41. The largest absolute Gasteiger partial charge is 0.493 e. The van der Waals surface area contributed by atoms with E-state index in [1.807, 2.05) is 13.8 Å². The number of benzene rings is 1. The Morgan fingerprint density at radius 1 is 1.30 bits per heavy atom. The van der Waals surface area contributed by atoms with Gasteiger partial charge in [-0.3, -0.25) is 4.79 Å². The zero-order valence-electron chi connectivity index (χ0n) is 13.4. The first kappa shape index (κ1) is 16.9. The maximum absolute atomic E-state index is 12.4. The Kier molecular flexibility index (Phi) is 5.31. The summed E-state index contributed by atoms with van der Waals surface area (Å²) in [7, 11) is 1.47. The lowest BCUT2D eigenvalue weighted by atomic mass is 10.0. The fourth-order valence-electron chi connectivity index (χ4n) is 2.34. The molecule has 2 N–H and O–H groups in total. The average molecular weight is 323 g/mol. The van der Waals surface area contributed by atoms with E-state index in [0.29, 0.717) is 36.9 Å². The minimum Gasteiger partial charge on any atom is -0.493 e. The molecule has 23 heavy (non-hydrogen) atoms. The van der Waals surface area contributed by atoms with E-state index >= 15 is 0 Å². The van der Waals surface area contributed by atoms with Crippen LogP contribution in [0.25, 0.3) is 0 Å². The second-order valence-corrected chi connectivity index (χ2v) is 5.70. The Morgan fingerprint density at radius 3 is 2.61 bits per heavy atom. The van der Waals surface area contributed by atoms with Crippen LogP contribution in [0.4, 0.5) is 0 Å². The quantitative estimate of drug-likeness (QED) is 0.827. The van der Waals surface area contributed by atoms with Crippen molar-refractivity contribution >= 4 is 11.9 Å². The van der Waals surface area contributed by atoms with Gasteiger partial charge in [0.25, 0.3) is 5.91 Å². The zero-order chi connectivity index (χ0) is 17.0. The average Bonchev–Trinajstić information content (AvgIpc) is 2.52. The van der Waals surface area contributed by atoms with Crippen LogP contribution in [-0.2, 0) is 4.79 Å². The molecule has 0 fully saturated rings. The minimum absolute atomic E-state index is 0.145. The van der Waals surface area contributed by atoms with Crippen molar-refractivity contribution in [2.45, 2.75) is 26.3 Å². The van der Waals surface area contributed by atoms with Crippen molar-refractivity contribution in [3.63, 3.8) is 0 Å². The SMILES string of the molecule is COc1cc(C(=O)NC(CC(C)C)C(=O)O)cc2c1OCCO2. The fourth-order valence-corrected chi connectivity index (χ4v) is 2.34. The summed E-state index contributed by atoms with van der Waals surface area (Å²) in [5.41, 5.74) is 0.265. The first-order chi connectivity index (χ1) is 10.9. The second-order valence-electron chi connectivity index (χ2n) is 5.70. The van der Waals surface area contributed by atoms with E-state index in [-0.39, 0.29) is 11.5 Å². The van der Waals surface area contributed by atoms with Crippen LogP contribution < -0.4 is 19.5 Å². The summed E-state index contributed by atoms with van der Waals surface area (Å²) < 4.78 is 16.2. The van der Waals surface area contributed by atoms with Gasteiger partial charge in [-0.05, 0) is 24.5 Å². The smallest absolute Gasteiger partial charge is 0.326 e. The number of nitrogens with one attached hydrogen (secondary N) is 1. The Bertz CT molecular complexity index is 581. The molecule has 1 aromatic rings. The van der Waals surface area contributed by atoms with E-state index in [4.69, 9.17) is 14.2 Å². The molecule has 0 aliphatic carbocycles. The molecule has 1 amide bonds. The van der Waals surface area contributed by atoms with Gasteiger partial charge < -0.3 is 24.6 Å². The van der Waals surface area contributed by atoms with Gasteiger partial charge in [0.2, 0.25) is 5.75 Å². The second kappa shape index (κ2) is 7.21. The summed E-state index contributed by atoms with van der Waals surface area (Å²) in [6.07, 6.45) is 0.350. The van der Waals surface area contributed by atoms with Crippen LogP contribution in [0.5, 0.6) is 17.2 Å². The maximum Gasteiger partial charge on any atom is 0.326 e. The van der Waals surface area contributed by atoms with Gasteiger partial charge in [-0.1, -0.05) is 13.8 Å². The number of hydrogen-bond acceptors (Lipinski definition) is 5. The van der Waals surface area contributed by atoms with Crippen molar-refractivity contribution in [1.82, 2.24) is 5.32 Å². The summed E-state index contributed by atoms with van der Waals surface area (Å²) in [4.78, 5) is 23.6. The summed E-state index contributed by atoms with van der Waals surface area (Å²) in [5.74, 6) is -0.164. The molecule has 1 atom stereocenters. The number of rotatable bonds is 6. The van der Waals surface area contributed by atoms with Crippen molar-refractivity contribution < 1.29 is 28.9 Å². The molecule has 7 heteroatoms. The molecule has 0 bridgehead atoms. The summed E-state index contributed by atoms with van der Waals surface area (Å²) in [6.45, 7) is 4.58. The number of carbonyl (C=O) groups excluding carboxylic acids is 1. The van der Waals surface area contributed by atoms with Crippen LogP contribution >= 0.6 is 0 Å². The lowest BCUT2D eigenvalue weighted by Gasteiger charge is -2.22. The van der Waals surface area contributed by atoms with Crippen LogP contribution in [0, 0.1) is 5.92 Å². The first-order valence-electron chi connectivity index (χ1n) is 7.43. The predicted molar refractivity (Wildman–Crippen MR) is 82.3 cm³/mol. The van der Waals surface area contributed by atoms with Crippen molar-refractivity contribution in [2.75, 3.05) is 20.3 Å². The van der Waals surface area contributed by atoms with E-state index in [2.05, 4.69) is 5.32 Å². The van der Waals surface area contributed by atoms with Gasteiger partial charge in [-0.15, -0.1) is 0 Å². The fraction of sp³-hybridized carbons (Fsp3) is 0.500. The number of hydrogen-bond donors (Lipinski definition) is 2. The summed E-state index contributed by atoms with van der Waals surface area (Å²) in [5, 5.41) is 11.8. The molecule has 2 rings (SSSR count). The van der Waals surface area contributed by atoms with Crippen LogP contribution in [0.15, 0.2) is 12.1 Å². The van der Waals surface area contributed by atoms with Gasteiger partial charge in [0, 0.05) is 5.56 Å². The minimum atomic E-state index is -1.06. The van der Waals surface area contributed by atoms with E-state index in [9.17, 15) is 14.7 Å². The normalized spacial score (nSPS) is 14.3. The Morgan fingerprint density at radius 2 is 2.00 bits per heavy atom. The summed E-state index contributed by atoms with van der Waals surface area (Å²) >= 11 is 0. The molecule has 1 aliphatic rings. The highest BCUT2D eigenvalue weighted by molar-refractivity contribution is 5.97. The van der Waals surface area contributed by atoms with Gasteiger partial charge in [0.1, 0.15) is 19.3 Å². The van der Waals surface area contributed by atoms with Crippen LogP contribution in [0.2, 0.25) is 0 Å². The highest BCUT2D eigenvalue weighted by atomic mass is 16.6. The Labute approximate surface area is 134 Å². The number of carboxylic acids is 1. The molecule has 1 aliphatic heterocycles. The van der Waals surface area contributed by atoms with Crippen LogP contribution in [0.1, 0.15) is 30.6 Å². The number of amides is 1. The number of ether oxygens (including phenoxy) is 3. The van der Waals surface area contributed by atoms with E-state index in [0.717, 1.165) is 0 Å². The number of methoxy groups -OCH3 is 1. The number of carboxylic acid groups (broad SMARTS) is 1. The molecule has 1 unspecified atom stereocenters. The highest BCUT2D eigenvalue weighted by Crippen LogP contribution is 2.40. The molecule has 0 aromatic heterocycles.